The van der Waals surface area contributed by atoms with Gasteiger partial charge in [0, 0.05) is 0 Å². The first kappa shape index (κ1) is 17.2. The summed E-state index contributed by atoms with van der Waals surface area (Å²) in [6, 6.07) is 0. The predicted molar refractivity (Wildman–Crippen MR) is 59.4 cm³/mol. The van der Waals surface area contributed by atoms with Crippen LogP contribution in [0.15, 0.2) is 0 Å². The molecule has 0 aromatic carbocycles. The maximum Gasteiger partial charge on any atom is 0.476 e. The molecule has 0 bridgehead atoms. The van der Waals surface area contributed by atoms with Crippen LogP contribution in [-0.4, -0.2) is 8.42 Å². The molecular formula is C10H22F2O2S. The third-order valence-corrected chi connectivity index (χ3v) is 1.96. The van der Waals surface area contributed by atoms with Gasteiger partial charge in [-0.3, -0.25) is 0 Å². The predicted octanol–water partition coefficient (Wildman–Crippen LogP) is 4.32. The molecule has 0 aliphatic rings. The van der Waals surface area contributed by atoms with Crippen LogP contribution in [0.5, 0.6) is 0 Å². The molecule has 0 fully saturated rings. The smallest absolute Gasteiger partial charge is 0.160 e. The molecule has 0 heterocycles. The highest BCUT2D eigenvalue weighted by Gasteiger charge is 1.94. The Hall–Kier alpha value is -0.190. The molecule has 15 heavy (non-hydrogen) atoms. The second-order valence-corrected chi connectivity index (χ2v) is 4.26. The van der Waals surface area contributed by atoms with E-state index in [2.05, 4.69) is 13.8 Å². The van der Waals surface area contributed by atoms with Crippen molar-refractivity contribution in [3.63, 3.8) is 0 Å². The van der Waals surface area contributed by atoms with Crippen molar-refractivity contribution in [2.75, 3.05) is 0 Å². The highest BCUT2D eigenvalue weighted by Crippen LogP contribution is 2.07. The van der Waals surface area contributed by atoms with E-state index >= 15 is 0 Å². The Morgan fingerprint density at radius 2 is 0.933 bits per heavy atom. The van der Waals surface area contributed by atoms with Gasteiger partial charge in [0.05, 0.1) is 0 Å². The summed E-state index contributed by atoms with van der Waals surface area (Å²) in [6.45, 7) is 4.54. The summed E-state index contributed by atoms with van der Waals surface area (Å²) < 4.78 is 36.6. The Labute approximate surface area is 92.6 Å². The Kier molecular flexibility index (Phi) is 13.6. The summed E-state index contributed by atoms with van der Waals surface area (Å²) in [4.78, 5) is 0. The zero-order valence-corrected chi connectivity index (χ0v) is 10.5. The summed E-state index contributed by atoms with van der Waals surface area (Å²) in [6.07, 6.45) is 11.5. The van der Waals surface area contributed by atoms with Crippen LogP contribution in [-0.2, 0) is 10.6 Å². The molecule has 0 radical (unpaired) electrons. The fraction of sp³-hybridized carbons (Fsp3) is 1.00. The van der Waals surface area contributed by atoms with Crippen LogP contribution in [0, 0.1) is 0 Å². The van der Waals surface area contributed by atoms with E-state index in [0.29, 0.717) is 0 Å². The van der Waals surface area contributed by atoms with Crippen LogP contribution in [0.25, 0.3) is 0 Å². The SMILES string of the molecule is CCCCCCCCCC.O=S(=O)(F)F. The number of unbranched alkanes of at least 4 members (excludes halogenated alkanes) is 7. The van der Waals surface area contributed by atoms with Crippen LogP contribution in [0.2, 0.25) is 0 Å². The van der Waals surface area contributed by atoms with Gasteiger partial charge in [0.15, 0.2) is 0 Å². The lowest BCUT2D eigenvalue weighted by molar-refractivity contribution is 0.501. The highest BCUT2D eigenvalue weighted by molar-refractivity contribution is 7.81. The largest absolute Gasteiger partial charge is 0.476 e. The number of halogens is 2. The summed E-state index contributed by atoms with van der Waals surface area (Å²) >= 11 is 0. The quantitative estimate of drug-likeness (QED) is 0.494. The van der Waals surface area contributed by atoms with Gasteiger partial charge < -0.3 is 0 Å². The van der Waals surface area contributed by atoms with Crippen molar-refractivity contribution in [2.24, 2.45) is 0 Å². The van der Waals surface area contributed by atoms with Crippen LogP contribution in [0.1, 0.15) is 65.2 Å². The van der Waals surface area contributed by atoms with Crippen LogP contribution in [0.4, 0.5) is 7.77 Å². The van der Waals surface area contributed by atoms with Crippen LogP contribution < -0.4 is 0 Å². The maximum absolute atomic E-state index is 9.99. The highest BCUT2D eigenvalue weighted by atomic mass is 32.3. The Balaban J connectivity index is 0. The van der Waals surface area contributed by atoms with E-state index < -0.39 is 10.6 Å². The lowest BCUT2D eigenvalue weighted by Gasteiger charge is -1.97. The van der Waals surface area contributed by atoms with Crippen molar-refractivity contribution in [1.29, 1.82) is 0 Å². The molecule has 0 N–H and O–H groups in total. The Bertz CT molecular complexity index is 187. The molecule has 0 aliphatic carbocycles. The molecular weight excluding hydrogens is 222 g/mol. The molecule has 0 saturated carbocycles. The summed E-state index contributed by atoms with van der Waals surface area (Å²) in [5.74, 6) is 0. The van der Waals surface area contributed by atoms with Gasteiger partial charge >= 0.3 is 10.6 Å². The van der Waals surface area contributed by atoms with Gasteiger partial charge in [-0.1, -0.05) is 73.0 Å². The lowest BCUT2D eigenvalue weighted by Crippen LogP contribution is -1.77. The maximum atomic E-state index is 9.99. The topological polar surface area (TPSA) is 34.1 Å². The molecule has 0 aromatic rings. The number of hydrogen-bond acceptors (Lipinski definition) is 2. The zero-order chi connectivity index (χ0) is 12.2. The van der Waals surface area contributed by atoms with E-state index in [1.165, 1.54) is 51.4 Å². The molecule has 0 amide bonds. The van der Waals surface area contributed by atoms with E-state index in [0.717, 1.165) is 0 Å². The van der Waals surface area contributed by atoms with Gasteiger partial charge in [-0.25, -0.2) is 0 Å². The molecule has 0 atom stereocenters. The normalized spacial score (nSPS) is 10.7. The van der Waals surface area contributed by atoms with Crippen molar-refractivity contribution >= 4 is 10.6 Å². The minimum absolute atomic E-state index is 1.37. The first-order valence-electron chi connectivity index (χ1n) is 5.56. The van der Waals surface area contributed by atoms with E-state index in [-0.39, 0.29) is 0 Å². The van der Waals surface area contributed by atoms with Crippen molar-refractivity contribution in [3.8, 4) is 0 Å². The van der Waals surface area contributed by atoms with E-state index in [1.807, 2.05) is 0 Å². The summed E-state index contributed by atoms with van der Waals surface area (Å²) in [7, 11) is -5.67. The Morgan fingerprint density at radius 1 is 0.733 bits per heavy atom. The van der Waals surface area contributed by atoms with Gasteiger partial charge in [0.25, 0.3) is 0 Å². The molecule has 0 aromatic heterocycles. The van der Waals surface area contributed by atoms with Gasteiger partial charge in [0.1, 0.15) is 0 Å². The second-order valence-electron chi connectivity index (χ2n) is 3.50. The van der Waals surface area contributed by atoms with E-state index in [9.17, 15) is 7.77 Å². The lowest BCUT2D eigenvalue weighted by atomic mass is 10.1. The third kappa shape index (κ3) is 41.5. The third-order valence-electron chi connectivity index (χ3n) is 1.96. The van der Waals surface area contributed by atoms with Gasteiger partial charge in [-0.2, -0.15) is 8.42 Å². The average molecular weight is 244 g/mol. The Morgan fingerprint density at radius 3 is 1.13 bits per heavy atom. The van der Waals surface area contributed by atoms with Crippen molar-refractivity contribution in [1.82, 2.24) is 0 Å². The van der Waals surface area contributed by atoms with Crippen LogP contribution in [0.3, 0.4) is 0 Å². The van der Waals surface area contributed by atoms with Gasteiger partial charge in [0.2, 0.25) is 0 Å². The first-order chi connectivity index (χ1) is 6.91. The van der Waals surface area contributed by atoms with Crippen molar-refractivity contribution in [2.45, 2.75) is 65.2 Å². The number of hydrogen-bond donors (Lipinski definition) is 0. The molecule has 94 valence electrons. The standard InChI is InChI=1S/C10H22.F2O2S/c1-3-5-7-9-10-8-6-4-2;1-5(2,3)4/h3-10H2,1-2H3;. The number of rotatable bonds is 7. The average Bonchev–Trinajstić information content (AvgIpc) is 2.08. The molecule has 0 rings (SSSR count). The minimum Gasteiger partial charge on any atom is -0.160 e. The fourth-order valence-electron chi connectivity index (χ4n) is 1.21. The van der Waals surface area contributed by atoms with Gasteiger partial charge in [-0.05, 0) is 0 Å². The zero-order valence-electron chi connectivity index (χ0n) is 9.64. The molecule has 2 nitrogen and oxygen atoms in total. The molecule has 0 saturated heterocycles. The van der Waals surface area contributed by atoms with Gasteiger partial charge in [-0.15, -0.1) is 0 Å². The van der Waals surface area contributed by atoms with E-state index in [4.69, 9.17) is 8.42 Å². The molecule has 0 aliphatic heterocycles. The summed E-state index contributed by atoms with van der Waals surface area (Å²) in [5, 5.41) is 0. The van der Waals surface area contributed by atoms with Crippen LogP contribution >= 0.6 is 0 Å². The van der Waals surface area contributed by atoms with Crippen molar-refractivity contribution in [3.05, 3.63) is 0 Å². The molecule has 5 heteroatoms. The molecule has 0 unspecified atom stereocenters. The second kappa shape index (κ2) is 11.9. The molecule has 0 spiro atoms. The monoisotopic (exact) mass is 244 g/mol. The first-order valence-corrected chi connectivity index (χ1v) is 6.84. The van der Waals surface area contributed by atoms with Crippen molar-refractivity contribution < 1.29 is 16.2 Å². The summed E-state index contributed by atoms with van der Waals surface area (Å²) in [5.41, 5.74) is 0. The van der Waals surface area contributed by atoms with E-state index in [1.54, 1.807) is 0 Å². The fourth-order valence-corrected chi connectivity index (χ4v) is 1.21. The minimum atomic E-state index is -5.67.